The molecule has 2 rings (SSSR count). The molecule has 0 aromatic carbocycles. The second-order valence-corrected chi connectivity index (χ2v) is 7.19. The molecule has 0 bridgehead atoms. The Balaban J connectivity index is 2.10. The van der Waals surface area contributed by atoms with Crippen molar-refractivity contribution >= 4 is 17.0 Å². The lowest BCUT2D eigenvalue weighted by Gasteiger charge is -2.19. The van der Waals surface area contributed by atoms with Crippen LogP contribution < -0.4 is 5.73 Å². The van der Waals surface area contributed by atoms with Crippen LogP contribution in [0.1, 0.15) is 96.3 Å². The first-order chi connectivity index (χ1) is 12.2. The molecule has 2 aromatic heterocycles. The Morgan fingerprint density at radius 3 is 2.16 bits per heavy atom. The predicted octanol–water partition coefficient (Wildman–Crippen LogP) is 5.59. The van der Waals surface area contributed by atoms with Gasteiger partial charge in [-0.2, -0.15) is 0 Å². The van der Waals surface area contributed by atoms with Crippen LogP contribution in [0, 0.1) is 6.92 Å². The van der Waals surface area contributed by atoms with Crippen molar-refractivity contribution in [3.8, 4) is 0 Å². The van der Waals surface area contributed by atoms with Gasteiger partial charge in [-0.15, -0.1) is 0 Å². The van der Waals surface area contributed by atoms with Crippen LogP contribution in [0.2, 0.25) is 0 Å². The first-order valence-electron chi connectivity index (χ1n) is 10.1. The number of aryl methyl sites for hydroxylation is 1. The summed E-state index contributed by atoms with van der Waals surface area (Å²) in [6, 6.07) is 0.470. The number of hydrogen-bond acceptors (Lipinski definition) is 4. The van der Waals surface area contributed by atoms with Gasteiger partial charge >= 0.3 is 0 Å². The minimum atomic E-state index is 0.470. The smallest absolute Gasteiger partial charge is 0.166 e. The Labute approximate surface area is 152 Å². The molecule has 0 aliphatic carbocycles. The van der Waals surface area contributed by atoms with Gasteiger partial charge in [0.15, 0.2) is 11.5 Å². The van der Waals surface area contributed by atoms with Gasteiger partial charge in [0, 0.05) is 6.04 Å². The minimum Gasteiger partial charge on any atom is -0.382 e. The van der Waals surface area contributed by atoms with E-state index in [1.165, 1.54) is 70.6 Å². The number of fused-ring (bicyclic) bond motifs is 1. The van der Waals surface area contributed by atoms with Crippen molar-refractivity contribution in [3.05, 3.63) is 12.2 Å². The summed E-state index contributed by atoms with van der Waals surface area (Å²) in [5, 5.41) is 0. The number of unbranched alkanes of at least 4 members (excludes halogenated alkanes) is 7. The average Bonchev–Trinajstić information content (AvgIpc) is 3.00. The van der Waals surface area contributed by atoms with E-state index in [9.17, 15) is 0 Å². The predicted molar refractivity (Wildman–Crippen MR) is 106 cm³/mol. The molecule has 140 valence electrons. The molecule has 1 atom stereocenters. The maximum atomic E-state index is 6.04. The quantitative estimate of drug-likeness (QED) is 0.509. The number of nitrogens with zero attached hydrogens (tertiary/aromatic N) is 4. The van der Waals surface area contributed by atoms with Crippen molar-refractivity contribution in [2.24, 2.45) is 0 Å². The van der Waals surface area contributed by atoms with Gasteiger partial charge in [0.1, 0.15) is 11.3 Å². The number of imidazole rings is 1. The molecular formula is C20H35N5. The van der Waals surface area contributed by atoms with Crippen LogP contribution in [-0.2, 0) is 0 Å². The second kappa shape index (κ2) is 10.4. The van der Waals surface area contributed by atoms with Crippen molar-refractivity contribution in [1.82, 2.24) is 19.5 Å². The van der Waals surface area contributed by atoms with Crippen LogP contribution in [0.5, 0.6) is 0 Å². The van der Waals surface area contributed by atoms with E-state index in [0.29, 0.717) is 11.9 Å². The van der Waals surface area contributed by atoms with Gasteiger partial charge in [0.05, 0.1) is 6.33 Å². The zero-order valence-electron chi connectivity index (χ0n) is 16.3. The van der Waals surface area contributed by atoms with E-state index in [1.807, 2.05) is 13.3 Å². The fraction of sp³-hybridized carbons (Fsp3) is 0.750. The Kier molecular flexibility index (Phi) is 8.16. The number of hydrogen-bond donors (Lipinski definition) is 1. The summed E-state index contributed by atoms with van der Waals surface area (Å²) < 4.78 is 2.26. The largest absolute Gasteiger partial charge is 0.382 e. The van der Waals surface area contributed by atoms with Gasteiger partial charge in [-0.05, 0) is 19.8 Å². The Morgan fingerprint density at radius 2 is 1.52 bits per heavy atom. The maximum absolute atomic E-state index is 6.04. The number of anilines is 1. The van der Waals surface area contributed by atoms with Gasteiger partial charge in [0.2, 0.25) is 0 Å². The van der Waals surface area contributed by atoms with Crippen molar-refractivity contribution in [2.45, 2.75) is 97.4 Å². The normalized spacial score (nSPS) is 12.8. The van der Waals surface area contributed by atoms with Crippen LogP contribution in [-0.4, -0.2) is 19.5 Å². The third-order valence-electron chi connectivity index (χ3n) is 4.99. The van der Waals surface area contributed by atoms with E-state index in [2.05, 4.69) is 33.4 Å². The molecule has 5 heteroatoms. The van der Waals surface area contributed by atoms with Crippen molar-refractivity contribution < 1.29 is 0 Å². The molecule has 2 N–H and O–H groups in total. The van der Waals surface area contributed by atoms with Crippen molar-refractivity contribution in [3.63, 3.8) is 0 Å². The standard InChI is InChI=1S/C20H35N5/c1-4-6-8-10-12-14-17(13-11-9-7-5-2)25-15-22-18-19(21)23-16(3)24-20(18)25/h15,17H,4-14H2,1-3H3,(H2,21,23,24). The number of nitrogen functional groups attached to an aromatic ring is 1. The summed E-state index contributed by atoms with van der Waals surface area (Å²) in [6.07, 6.45) is 16.1. The van der Waals surface area contributed by atoms with E-state index in [4.69, 9.17) is 5.73 Å². The minimum absolute atomic E-state index is 0.470. The molecule has 0 aliphatic heterocycles. The fourth-order valence-electron chi connectivity index (χ4n) is 3.53. The first kappa shape index (κ1) is 19.7. The van der Waals surface area contributed by atoms with E-state index >= 15 is 0 Å². The number of aromatic nitrogens is 4. The highest BCUT2D eigenvalue weighted by molar-refractivity contribution is 5.81. The highest BCUT2D eigenvalue weighted by Gasteiger charge is 2.17. The van der Waals surface area contributed by atoms with Crippen LogP contribution in [0.15, 0.2) is 6.33 Å². The SMILES string of the molecule is CCCCCCCC(CCCCCC)n1cnc2c(N)nc(C)nc21. The van der Waals surface area contributed by atoms with Crippen molar-refractivity contribution in [2.75, 3.05) is 5.73 Å². The molecule has 25 heavy (non-hydrogen) atoms. The summed E-state index contributed by atoms with van der Waals surface area (Å²) in [6.45, 7) is 6.42. The third-order valence-corrected chi connectivity index (χ3v) is 4.99. The van der Waals surface area contributed by atoms with Gasteiger partial charge in [-0.3, -0.25) is 0 Å². The molecule has 0 amide bonds. The molecule has 0 fully saturated rings. The monoisotopic (exact) mass is 345 g/mol. The van der Waals surface area contributed by atoms with Gasteiger partial charge in [-0.1, -0.05) is 71.6 Å². The molecule has 2 aromatic rings. The number of nitrogens with two attached hydrogens (primary N) is 1. The van der Waals surface area contributed by atoms with E-state index < -0.39 is 0 Å². The molecule has 0 saturated carbocycles. The van der Waals surface area contributed by atoms with Crippen LogP contribution >= 0.6 is 0 Å². The summed E-state index contributed by atoms with van der Waals surface area (Å²) in [4.78, 5) is 13.4. The first-order valence-corrected chi connectivity index (χ1v) is 10.1. The van der Waals surface area contributed by atoms with Crippen LogP contribution in [0.4, 0.5) is 5.82 Å². The molecule has 2 heterocycles. The highest BCUT2D eigenvalue weighted by atomic mass is 15.2. The lowest BCUT2D eigenvalue weighted by Crippen LogP contribution is -2.10. The van der Waals surface area contributed by atoms with Gasteiger partial charge in [0.25, 0.3) is 0 Å². The Morgan fingerprint density at radius 1 is 0.920 bits per heavy atom. The number of rotatable bonds is 12. The molecule has 0 spiro atoms. The van der Waals surface area contributed by atoms with E-state index in [1.54, 1.807) is 0 Å². The summed E-state index contributed by atoms with van der Waals surface area (Å²) in [5.41, 5.74) is 7.69. The lowest BCUT2D eigenvalue weighted by molar-refractivity contribution is 0.401. The summed E-state index contributed by atoms with van der Waals surface area (Å²) >= 11 is 0. The fourth-order valence-corrected chi connectivity index (χ4v) is 3.53. The molecule has 0 aliphatic rings. The topological polar surface area (TPSA) is 69.6 Å². The van der Waals surface area contributed by atoms with Gasteiger partial charge in [-0.25, -0.2) is 15.0 Å². The van der Waals surface area contributed by atoms with E-state index in [-0.39, 0.29) is 0 Å². The van der Waals surface area contributed by atoms with Crippen molar-refractivity contribution in [1.29, 1.82) is 0 Å². The van der Waals surface area contributed by atoms with Crippen LogP contribution in [0.3, 0.4) is 0 Å². The summed E-state index contributed by atoms with van der Waals surface area (Å²) in [7, 11) is 0. The summed E-state index contributed by atoms with van der Waals surface area (Å²) in [5.74, 6) is 1.22. The Hall–Kier alpha value is -1.65. The zero-order chi connectivity index (χ0) is 18.1. The molecule has 1 unspecified atom stereocenters. The molecular weight excluding hydrogens is 310 g/mol. The third kappa shape index (κ3) is 5.68. The van der Waals surface area contributed by atoms with Gasteiger partial charge < -0.3 is 10.3 Å². The molecule has 0 saturated heterocycles. The highest BCUT2D eigenvalue weighted by Crippen LogP contribution is 2.27. The molecule has 5 nitrogen and oxygen atoms in total. The maximum Gasteiger partial charge on any atom is 0.166 e. The average molecular weight is 346 g/mol. The van der Waals surface area contributed by atoms with Crippen LogP contribution in [0.25, 0.3) is 11.2 Å². The zero-order valence-corrected chi connectivity index (χ0v) is 16.3. The molecule has 0 radical (unpaired) electrons. The van der Waals surface area contributed by atoms with E-state index in [0.717, 1.165) is 17.0 Å². The Bertz CT molecular complexity index is 634. The second-order valence-electron chi connectivity index (χ2n) is 7.19. The lowest BCUT2D eigenvalue weighted by atomic mass is 10.0.